The number of nitrogens with zero attached hydrogens (tertiary/aromatic N) is 3. The van der Waals surface area contributed by atoms with Crippen molar-refractivity contribution >= 4 is 5.97 Å². The minimum atomic E-state index is -4.46. The highest BCUT2D eigenvalue weighted by atomic mass is 19.4. The molecular formula is C24H26F3N3O5. The van der Waals surface area contributed by atoms with Gasteiger partial charge in [-0.2, -0.15) is 13.2 Å². The van der Waals surface area contributed by atoms with E-state index in [0.717, 1.165) is 17.8 Å². The van der Waals surface area contributed by atoms with Crippen LogP contribution in [0.2, 0.25) is 0 Å². The number of carbonyl (C=O) groups excluding carboxylic acids is 1. The number of aryl methyl sites for hydroxylation is 1. The Hall–Kier alpha value is -3.76. The standard InChI is InChI=1S/C24H26F3N3O5/c1-4-22(31)35-19-10-9-18(32-3)13-20(19)34-12-6-7-16-15-30(29-23(16)33-5-2)21-11-8-17(14-28-21)24(25,26)27/h8-11,13-15H,4-7,12H2,1-3H3. The van der Waals surface area contributed by atoms with Crippen LogP contribution in [-0.2, 0) is 17.4 Å². The van der Waals surface area contributed by atoms with Crippen LogP contribution in [0.1, 0.15) is 37.8 Å². The summed E-state index contributed by atoms with van der Waals surface area (Å²) >= 11 is 0. The third-order valence-corrected chi connectivity index (χ3v) is 4.85. The van der Waals surface area contributed by atoms with E-state index in [1.54, 1.807) is 31.3 Å². The van der Waals surface area contributed by atoms with Crippen LogP contribution >= 0.6 is 0 Å². The quantitative estimate of drug-likeness (QED) is 0.211. The van der Waals surface area contributed by atoms with Crippen LogP contribution in [-0.4, -0.2) is 41.1 Å². The lowest BCUT2D eigenvalue weighted by Gasteiger charge is -2.12. The molecule has 0 N–H and O–H groups in total. The minimum Gasteiger partial charge on any atom is -0.497 e. The van der Waals surface area contributed by atoms with Gasteiger partial charge in [-0.3, -0.25) is 4.79 Å². The number of ether oxygens (including phenoxy) is 4. The molecule has 2 aromatic heterocycles. The van der Waals surface area contributed by atoms with Gasteiger partial charge in [0.25, 0.3) is 0 Å². The Labute approximate surface area is 200 Å². The summed E-state index contributed by atoms with van der Waals surface area (Å²) in [6, 6.07) is 7.12. The van der Waals surface area contributed by atoms with Crippen molar-refractivity contribution in [3.8, 4) is 28.9 Å². The fraction of sp³-hybridized carbons (Fsp3) is 0.375. The maximum absolute atomic E-state index is 12.8. The molecule has 0 aliphatic rings. The van der Waals surface area contributed by atoms with Crippen molar-refractivity contribution in [2.24, 2.45) is 0 Å². The summed E-state index contributed by atoms with van der Waals surface area (Å²) in [6.45, 7) is 4.17. The molecular weight excluding hydrogens is 467 g/mol. The molecule has 0 fully saturated rings. The van der Waals surface area contributed by atoms with E-state index in [-0.39, 0.29) is 18.2 Å². The molecule has 1 aromatic carbocycles. The predicted molar refractivity (Wildman–Crippen MR) is 120 cm³/mol. The highest BCUT2D eigenvalue weighted by Crippen LogP contribution is 2.32. The molecule has 0 amide bonds. The van der Waals surface area contributed by atoms with Gasteiger partial charge in [0.05, 0.1) is 25.9 Å². The highest BCUT2D eigenvalue weighted by Gasteiger charge is 2.30. The third kappa shape index (κ3) is 6.87. The zero-order chi connectivity index (χ0) is 25.4. The van der Waals surface area contributed by atoms with Gasteiger partial charge in [-0.25, -0.2) is 9.67 Å². The van der Waals surface area contributed by atoms with Crippen molar-refractivity contribution in [1.82, 2.24) is 14.8 Å². The Bertz CT molecular complexity index is 1130. The molecule has 2 heterocycles. The fourth-order valence-electron chi connectivity index (χ4n) is 3.08. The number of pyridine rings is 1. The summed E-state index contributed by atoms with van der Waals surface area (Å²) in [5.74, 6) is 1.45. The van der Waals surface area contributed by atoms with E-state index in [2.05, 4.69) is 10.1 Å². The van der Waals surface area contributed by atoms with Gasteiger partial charge in [-0.1, -0.05) is 6.92 Å². The molecule has 0 atom stereocenters. The molecule has 0 aliphatic heterocycles. The molecule has 0 spiro atoms. The summed E-state index contributed by atoms with van der Waals surface area (Å²) in [6.07, 6.45) is -0.727. The van der Waals surface area contributed by atoms with E-state index in [0.29, 0.717) is 49.2 Å². The van der Waals surface area contributed by atoms with Crippen molar-refractivity contribution in [2.45, 2.75) is 39.3 Å². The van der Waals surface area contributed by atoms with Gasteiger partial charge in [-0.05, 0) is 44.0 Å². The molecule has 0 saturated carbocycles. The predicted octanol–water partition coefficient (Wildman–Crippen LogP) is 5.02. The van der Waals surface area contributed by atoms with Gasteiger partial charge in [0.15, 0.2) is 17.3 Å². The minimum absolute atomic E-state index is 0.226. The number of aromatic nitrogens is 3. The second-order valence-corrected chi connectivity index (χ2v) is 7.33. The number of carbonyl (C=O) groups is 1. The average molecular weight is 493 g/mol. The summed E-state index contributed by atoms with van der Waals surface area (Å²) < 4.78 is 61.8. The first-order valence-corrected chi connectivity index (χ1v) is 11.0. The maximum Gasteiger partial charge on any atom is 0.417 e. The SMILES string of the molecule is CCOc1nn(-c2ccc(C(F)(F)F)cn2)cc1CCCOc1cc(OC)ccc1OC(=O)CC. The first kappa shape index (κ1) is 25.9. The van der Waals surface area contributed by atoms with E-state index >= 15 is 0 Å². The molecule has 188 valence electrons. The Balaban J connectivity index is 1.68. The largest absolute Gasteiger partial charge is 0.497 e. The number of halogens is 3. The molecule has 0 aliphatic carbocycles. The first-order chi connectivity index (χ1) is 16.7. The van der Waals surface area contributed by atoms with Crippen LogP contribution < -0.4 is 18.9 Å². The van der Waals surface area contributed by atoms with Crippen LogP contribution in [0.4, 0.5) is 13.2 Å². The lowest BCUT2D eigenvalue weighted by atomic mass is 10.2. The zero-order valence-electron chi connectivity index (χ0n) is 19.6. The third-order valence-electron chi connectivity index (χ3n) is 4.85. The van der Waals surface area contributed by atoms with Crippen molar-refractivity contribution in [1.29, 1.82) is 0 Å². The van der Waals surface area contributed by atoms with Crippen molar-refractivity contribution in [3.63, 3.8) is 0 Å². The Kier molecular flexibility index (Phi) is 8.56. The van der Waals surface area contributed by atoms with Crippen LogP contribution in [0.5, 0.6) is 23.1 Å². The number of esters is 1. The van der Waals surface area contributed by atoms with Gasteiger partial charge in [-0.15, -0.1) is 5.10 Å². The molecule has 8 nitrogen and oxygen atoms in total. The monoisotopic (exact) mass is 493 g/mol. The molecule has 0 saturated heterocycles. The van der Waals surface area contributed by atoms with Gasteiger partial charge in [0.2, 0.25) is 5.88 Å². The number of benzene rings is 1. The molecule has 35 heavy (non-hydrogen) atoms. The van der Waals surface area contributed by atoms with Crippen molar-refractivity contribution in [3.05, 3.63) is 53.9 Å². The van der Waals surface area contributed by atoms with Crippen molar-refractivity contribution < 1.29 is 36.9 Å². The Morgan fingerprint density at radius 3 is 2.51 bits per heavy atom. The van der Waals surface area contributed by atoms with E-state index < -0.39 is 11.7 Å². The second-order valence-electron chi connectivity index (χ2n) is 7.33. The zero-order valence-corrected chi connectivity index (χ0v) is 19.6. The topological polar surface area (TPSA) is 84.7 Å². The van der Waals surface area contributed by atoms with E-state index in [1.807, 2.05) is 6.92 Å². The lowest BCUT2D eigenvalue weighted by molar-refractivity contribution is -0.138. The number of rotatable bonds is 11. The molecule has 3 rings (SSSR count). The Morgan fingerprint density at radius 2 is 1.89 bits per heavy atom. The number of methoxy groups -OCH3 is 1. The van der Waals surface area contributed by atoms with Crippen LogP contribution in [0, 0.1) is 0 Å². The Morgan fingerprint density at radius 1 is 1.09 bits per heavy atom. The van der Waals surface area contributed by atoms with Gasteiger partial charge >= 0.3 is 12.1 Å². The molecule has 0 radical (unpaired) electrons. The average Bonchev–Trinajstić information content (AvgIpc) is 3.25. The fourth-order valence-corrected chi connectivity index (χ4v) is 3.08. The van der Waals surface area contributed by atoms with E-state index in [1.165, 1.54) is 17.9 Å². The summed E-state index contributed by atoms with van der Waals surface area (Å²) in [4.78, 5) is 15.6. The van der Waals surface area contributed by atoms with Gasteiger partial charge < -0.3 is 18.9 Å². The van der Waals surface area contributed by atoms with Crippen molar-refractivity contribution in [2.75, 3.05) is 20.3 Å². The summed E-state index contributed by atoms with van der Waals surface area (Å²) in [5.41, 5.74) is -0.0854. The highest BCUT2D eigenvalue weighted by molar-refractivity contribution is 5.73. The normalized spacial score (nSPS) is 11.3. The number of hydrogen-bond acceptors (Lipinski definition) is 7. The number of alkyl halides is 3. The molecule has 3 aromatic rings. The maximum atomic E-state index is 12.8. The summed E-state index contributed by atoms with van der Waals surface area (Å²) in [7, 11) is 1.52. The van der Waals surface area contributed by atoms with Crippen LogP contribution in [0.3, 0.4) is 0 Å². The molecule has 0 unspecified atom stereocenters. The smallest absolute Gasteiger partial charge is 0.417 e. The number of hydrogen-bond donors (Lipinski definition) is 0. The second kappa shape index (κ2) is 11.6. The van der Waals surface area contributed by atoms with Gasteiger partial charge in [0, 0.05) is 30.4 Å². The molecule has 11 heteroatoms. The summed E-state index contributed by atoms with van der Waals surface area (Å²) in [5, 5.41) is 4.31. The van der Waals surface area contributed by atoms with E-state index in [4.69, 9.17) is 18.9 Å². The first-order valence-electron chi connectivity index (χ1n) is 11.0. The molecule has 0 bridgehead atoms. The van der Waals surface area contributed by atoms with Crippen LogP contribution in [0.25, 0.3) is 5.82 Å². The van der Waals surface area contributed by atoms with Crippen LogP contribution in [0.15, 0.2) is 42.7 Å². The van der Waals surface area contributed by atoms with Gasteiger partial charge in [0.1, 0.15) is 5.75 Å². The lowest BCUT2D eigenvalue weighted by Crippen LogP contribution is -2.08. The van der Waals surface area contributed by atoms with E-state index in [9.17, 15) is 18.0 Å².